The zero-order chi connectivity index (χ0) is 19.6. The molecule has 27 heavy (non-hydrogen) atoms. The SMILES string of the molecule is CCCCN(C)c1ccc(C(=O)N2CCCCC2CNC(=O)CCN)cc1. The van der Waals surface area contributed by atoms with Crippen LogP contribution in [0.25, 0.3) is 0 Å². The Morgan fingerprint density at radius 1 is 1.26 bits per heavy atom. The number of piperidine rings is 1. The Morgan fingerprint density at radius 3 is 2.67 bits per heavy atom. The van der Waals surface area contributed by atoms with Gasteiger partial charge in [-0.25, -0.2) is 0 Å². The van der Waals surface area contributed by atoms with Gasteiger partial charge >= 0.3 is 0 Å². The van der Waals surface area contributed by atoms with Crippen LogP contribution in [-0.2, 0) is 4.79 Å². The average molecular weight is 375 g/mol. The van der Waals surface area contributed by atoms with Crippen LogP contribution in [0.2, 0.25) is 0 Å². The van der Waals surface area contributed by atoms with Crippen LogP contribution < -0.4 is 16.0 Å². The smallest absolute Gasteiger partial charge is 0.254 e. The van der Waals surface area contributed by atoms with Crippen molar-refractivity contribution in [2.24, 2.45) is 5.73 Å². The summed E-state index contributed by atoms with van der Waals surface area (Å²) in [5, 5.41) is 2.91. The first-order valence-corrected chi connectivity index (χ1v) is 10.2. The second-order valence-electron chi connectivity index (χ2n) is 7.31. The third kappa shape index (κ3) is 6.24. The van der Waals surface area contributed by atoms with Crippen molar-refractivity contribution in [3.05, 3.63) is 29.8 Å². The third-order valence-corrected chi connectivity index (χ3v) is 5.20. The summed E-state index contributed by atoms with van der Waals surface area (Å²) >= 11 is 0. The van der Waals surface area contributed by atoms with Crippen molar-refractivity contribution >= 4 is 17.5 Å². The Balaban J connectivity index is 1.99. The number of anilines is 1. The lowest BCUT2D eigenvalue weighted by Gasteiger charge is -2.36. The number of hydrogen-bond acceptors (Lipinski definition) is 4. The largest absolute Gasteiger partial charge is 0.375 e. The molecule has 0 bridgehead atoms. The number of hydrogen-bond donors (Lipinski definition) is 2. The number of nitrogens with two attached hydrogens (primary N) is 1. The molecule has 1 atom stereocenters. The molecule has 6 nitrogen and oxygen atoms in total. The van der Waals surface area contributed by atoms with E-state index in [0.29, 0.717) is 25.1 Å². The number of nitrogens with zero attached hydrogens (tertiary/aromatic N) is 2. The van der Waals surface area contributed by atoms with Crippen molar-refractivity contribution in [1.82, 2.24) is 10.2 Å². The number of carbonyl (C=O) groups excluding carboxylic acids is 2. The van der Waals surface area contributed by atoms with Gasteiger partial charge in [-0.15, -0.1) is 0 Å². The number of nitrogens with one attached hydrogen (secondary N) is 1. The van der Waals surface area contributed by atoms with Gasteiger partial charge < -0.3 is 20.9 Å². The highest BCUT2D eigenvalue weighted by Gasteiger charge is 2.27. The molecule has 1 unspecified atom stereocenters. The molecule has 0 spiro atoms. The fourth-order valence-corrected chi connectivity index (χ4v) is 3.48. The zero-order valence-corrected chi connectivity index (χ0v) is 16.7. The van der Waals surface area contributed by atoms with Crippen molar-refractivity contribution < 1.29 is 9.59 Å². The van der Waals surface area contributed by atoms with Gasteiger partial charge in [0.1, 0.15) is 0 Å². The summed E-state index contributed by atoms with van der Waals surface area (Å²) in [5.41, 5.74) is 7.26. The molecule has 1 aliphatic heterocycles. The molecule has 2 rings (SSSR count). The average Bonchev–Trinajstić information content (AvgIpc) is 2.70. The molecule has 150 valence electrons. The molecule has 6 heteroatoms. The molecule has 1 fully saturated rings. The van der Waals surface area contributed by atoms with E-state index in [1.807, 2.05) is 29.2 Å². The number of benzene rings is 1. The third-order valence-electron chi connectivity index (χ3n) is 5.20. The Kier molecular flexibility index (Phi) is 8.58. The number of carbonyl (C=O) groups is 2. The Hall–Kier alpha value is -2.08. The lowest BCUT2D eigenvalue weighted by Crippen LogP contribution is -2.49. The molecule has 1 saturated heterocycles. The normalized spacial score (nSPS) is 16.9. The van der Waals surface area contributed by atoms with Crippen LogP contribution in [0, 0.1) is 0 Å². The first-order valence-electron chi connectivity index (χ1n) is 10.2. The van der Waals surface area contributed by atoms with Gasteiger partial charge in [-0.3, -0.25) is 9.59 Å². The Bertz CT molecular complexity index is 603. The minimum absolute atomic E-state index is 0.0464. The van der Waals surface area contributed by atoms with Gasteiger partial charge in [-0.2, -0.15) is 0 Å². The summed E-state index contributed by atoms with van der Waals surface area (Å²) in [4.78, 5) is 28.9. The topological polar surface area (TPSA) is 78.7 Å². The Labute approximate surface area is 163 Å². The first kappa shape index (κ1) is 21.2. The van der Waals surface area contributed by atoms with Crippen LogP contribution in [0.5, 0.6) is 0 Å². The molecule has 3 N–H and O–H groups in total. The summed E-state index contributed by atoms with van der Waals surface area (Å²) < 4.78 is 0. The fraction of sp³-hybridized carbons (Fsp3) is 0.619. The minimum Gasteiger partial charge on any atom is -0.375 e. The predicted octanol–water partition coefficient (Wildman–Crippen LogP) is 2.38. The van der Waals surface area contributed by atoms with Gasteiger partial charge in [0.15, 0.2) is 0 Å². The Morgan fingerprint density at radius 2 is 2.00 bits per heavy atom. The summed E-state index contributed by atoms with van der Waals surface area (Å²) in [6.45, 7) is 4.79. The number of likely N-dealkylation sites (tertiary alicyclic amines) is 1. The molecule has 1 aromatic rings. The van der Waals surface area contributed by atoms with E-state index in [2.05, 4.69) is 24.2 Å². The number of rotatable bonds is 9. The van der Waals surface area contributed by atoms with E-state index in [9.17, 15) is 9.59 Å². The molecule has 0 radical (unpaired) electrons. The van der Waals surface area contributed by atoms with Crippen molar-refractivity contribution in [3.8, 4) is 0 Å². The van der Waals surface area contributed by atoms with E-state index >= 15 is 0 Å². The second-order valence-corrected chi connectivity index (χ2v) is 7.31. The van der Waals surface area contributed by atoms with Gasteiger partial charge in [0.05, 0.1) is 0 Å². The summed E-state index contributed by atoms with van der Waals surface area (Å²) in [6, 6.07) is 7.92. The number of unbranched alkanes of at least 4 members (excludes halogenated alkanes) is 1. The first-order chi connectivity index (χ1) is 13.1. The molecule has 2 amide bonds. The number of amides is 2. The van der Waals surface area contributed by atoms with Gasteiger partial charge in [0.2, 0.25) is 5.91 Å². The van der Waals surface area contributed by atoms with Gasteiger partial charge in [-0.1, -0.05) is 13.3 Å². The van der Waals surface area contributed by atoms with Gasteiger partial charge in [0, 0.05) is 56.9 Å². The van der Waals surface area contributed by atoms with E-state index in [4.69, 9.17) is 5.73 Å². The second kappa shape index (κ2) is 10.9. The van der Waals surface area contributed by atoms with Crippen LogP contribution in [0.3, 0.4) is 0 Å². The van der Waals surface area contributed by atoms with E-state index in [0.717, 1.165) is 44.5 Å². The fourth-order valence-electron chi connectivity index (χ4n) is 3.48. The molecule has 0 aromatic heterocycles. The van der Waals surface area contributed by atoms with Crippen molar-refractivity contribution in [2.75, 3.05) is 38.1 Å². The summed E-state index contributed by atoms with van der Waals surface area (Å²) in [5.74, 6) is 0.00507. The molecule has 1 aliphatic rings. The van der Waals surface area contributed by atoms with Crippen LogP contribution >= 0.6 is 0 Å². The van der Waals surface area contributed by atoms with Crippen molar-refractivity contribution in [1.29, 1.82) is 0 Å². The van der Waals surface area contributed by atoms with E-state index < -0.39 is 0 Å². The quantitative estimate of drug-likeness (QED) is 0.696. The van der Waals surface area contributed by atoms with Crippen LogP contribution in [0.1, 0.15) is 55.8 Å². The minimum atomic E-state index is -0.0464. The predicted molar refractivity (Wildman–Crippen MR) is 110 cm³/mol. The summed E-state index contributed by atoms with van der Waals surface area (Å²) in [7, 11) is 2.08. The molecule has 0 saturated carbocycles. The van der Waals surface area contributed by atoms with Crippen LogP contribution in [0.4, 0.5) is 5.69 Å². The summed E-state index contributed by atoms with van der Waals surface area (Å²) in [6.07, 6.45) is 5.67. The monoisotopic (exact) mass is 374 g/mol. The maximum atomic E-state index is 13.0. The molecule has 0 aliphatic carbocycles. The van der Waals surface area contributed by atoms with E-state index in [1.165, 1.54) is 6.42 Å². The molecular weight excluding hydrogens is 340 g/mol. The zero-order valence-electron chi connectivity index (χ0n) is 16.7. The van der Waals surface area contributed by atoms with Gasteiger partial charge in [-0.05, 0) is 49.9 Å². The molecule has 1 heterocycles. The lowest BCUT2D eigenvalue weighted by molar-refractivity contribution is -0.121. The van der Waals surface area contributed by atoms with Gasteiger partial charge in [0.25, 0.3) is 5.91 Å². The highest BCUT2D eigenvalue weighted by atomic mass is 16.2. The highest BCUT2D eigenvalue weighted by Crippen LogP contribution is 2.21. The standard InChI is InChI=1S/C21H34N4O2/c1-3-4-14-24(2)18-10-8-17(9-11-18)21(27)25-15-6-5-7-19(25)16-23-20(26)12-13-22/h8-11,19H,3-7,12-16,22H2,1-2H3,(H,23,26). The van der Waals surface area contributed by atoms with Crippen LogP contribution in [0.15, 0.2) is 24.3 Å². The van der Waals surface area contributed by atoms with E-state index in [-0.39, 0.29) is 17.9 Å². The van der Waals surface area contributed by atoms with E-state index in [1.54, 1.807) is 0 Å². The maximum absolute atomic E-state index is 13.0. The highest BCUT2D eigenvalue weighted by molar-refractivity contribution is 5.95. The molecule has 1 aromatic carbocycles. The maximum Gasteiger partial charge on any atom is 0.254 e. The van der Waals surface area contributed by atoms with Crippen LogP contribution in [-0.4, -0.2) is 56.0 Å². The van der Waals surface area contributed by atoms with Crippen molar-refractivity contribution in [3.63, 3.8) is 0 Å². The van der Waals surface area contributed by atoms with Crippen molar-refractivity contribution in [2.45, 2.75) is 51.5 Å². The molecular formula is C21H34N4O2. The lowest BCUT2D eigenvalue weighted by atomic mass is 10.0.